The van der Waals surface area contributed by atoms with Gasteiger partial charge in [0.2, 0.25) is 0 Å². The van der Waals surface area contributed by atoms with Crippen LogP contribution in [0.15, 0.2) is 41.6 Å². The number of aromatic nitrogens is 2. The zero-order valence-corrected chi connectivity index (χ0v) is 11.4. The highest BCUT2D eigenvalue weighted by atomic mass is 35.5. The number of aliphatic hydroxyl groups excluding tert-OH is 1. The maximum atomic E-state index is 12.1. The van der Waals surface area contributed by atoms with Gasteiger partial charge in [-0.3, -0.25) is 9.40 Å². The number of hydrogen-bond donors (Lipinski definition) is 2. The smallest absolute Gasteiger partial charge is 0.262 e. The second-order valence-corrected chi connectivity index (χ2v) is 5.90. The fraction of sp³-hybridized carbons (Fsp3) is 0.182. The molecule has 2 rings (SSSR count). The summed E-state index contributed by atoms with van der Waals surface area (Å²) in [5, 5.41) is 13.0. The van der Waals surface area contributed by atoms with Gasteiger partial charge >= 0.3 is 0 Å². The Kier molecular flexibility index (Phi) is 4.08. The van der Waals surface area contributed by atoms with Crippen LogP contribution in [0.25, 0.3) is 0 Å². The van der Waals surface area contributed by atoms with Crippen molar-refractivity contribution in [3.8, 4) is 0 Å². The summed E-state index contributed by atoms with van der Waals surface area (Å²) < 4.78 is 28.0. The van der Waals surface area contributed by atoms with Crippen molar-refractivity contribution < 1.29 is 13.5 Å². The highest BCUT2D eigenvalue weighted by molar-refractivity contribution is 7.92. The molecule has 0 bridgehead atoms. The second-order valence-electron chi connectivity index (χ2n) is 3.78. The van der Waals surface area contributed by atoms with Crippen molar-refractivity contribution in [2.75, 3.05) is 11.3 Å². The minimum Gasteiger partial charge on any atom is -0.394 e. The molecule has 1 aromatic heterocycles. The van der Waals surface area contributed by atoms with Crippen molar-refractivity contribution in [3.05, 3.63) is 41.7 Å². The fourth-order valence-corrected chi connectivity index (χ4v) is 2.82. The van der Waals surface area contributed by atoms with E-state index in [0.717, 1.165) is 0 Å². The molecule has 19 heavy (non-hydrogen) atoms. The van der Waals surface area contributed by atoms with Crippen molar-refractivity contribution in [2.45, 2.75) is 11.4 Å². The lowest BCUT2D eigenvalue weighted by Crippen LogP contribution is -2.12. The van der Waals surface area contributed by atoms with Gasteiger partial charge in [-0.1, -0.05) is 17.7 Å². The van der Waals surface area contributed by atoms with E-state index in [1.165, 1.54) is 29.2 Å². The molecule has 0 saturated carbocycles. The number of nitrogens with zero attached hydrogens (tertiary/aromatic N) is 2. The van der Waals surface area contributed by atoms with Crippen LogP contribution in [0.3, 0.4) is 0 Å². The van der Waals surface area contributed by atoms with Gasteiger partial charge in [-0.15, -0.1) is 0 Å². The van der Waals surface area contributed by atoms with Crippen molar-refractivity contribution >= 4 is 27.3 Å². The molecule has 0 fully saturated rings. The largest absolute Gasteiger partial charge is 0.394 e. The van der Waals surface area contributed by atoms with Gasteiger partial charge in [0.05, 0.1) is 29.9 Å². The van der Waals surface area contributed by atoms with Crippen LogP contribution in [0.1, 0.15) is 0 Å². The van der Waals surface area contributed by atoms with Crippen LogP contribution < -0.4 is 4.72 Å². The van der Waals surface area contributed by atoms with Crippen molar-refractivity contribution in [3.63, 3.8) is 0 Å². The Labute approximate surface area is 115 Å². The third-order valence-electron chi connectivity index (χ3n) is 2.32. The van der Waals surface area contributed by atoms with E-state index in [1.807, 2.05) is 0 Å². The molecule has 0 aliphatic rings. The molecule has 0 radical (unpaired) electrons. The van der Waals surface area contributed by atoms with Crippen molar-refractivity contribution in [1.82, 2.24) is 9.78 Å². The van der Waals surface area contributed by atoms with Gasteiger partial charge in [-0.05, 0) is 18.2 Å². The van der Waals surface area contributed by atoms with Crippen LogP contribution in [0.5, 0.6) is 0 Å². The fourth-order valence-electron chi connectivity index (χ4n) is 1.49. The number of hydrogen-bond acceptors (Lipinski definition) is 4. The zero-order valence-electron chi connectivity index (χ0n) is 9.82. The first-order valence-corrected chi connectivity index (χ1v) is 7.29. The van der Waals surface area contributed by atoms with E-state index in [2.05, 4.69) is 9.82 Å². The van der Waals surface area contributed by atoms with E-state index in [-0.39, 0.29) is 11.5 Å². The maximum absolute atomic E-state index is 12.1. The lowest BCUT2D eigenvalue weighted by Gasteiger charge is -2.05. The van der Waals surface area contributed by atoms with Gasteiger partial charge in [0.25, 0.3) is 10.0 Å². The highest BCUT2D eigenvalue weighted by Crippen LogP contribution is 2.18. The van der Waals surface area contributed by atoms with Crippen molar-refractivity contribution in [2.24, 2.45) is 0 Å². The molecule has 1 heterocycles. The summed E-state index contributed by atoms with van der Waals surface area (Å²) in [5.41, 5.74) is 0.327. The van der Waals surface area contributed by atoms with Crippen LogP contribution >= 0.6 is 11.6 Å². The van der Waals surface area contributed by atoms with Gasteiger partial charge in [-0.25, -0.2) is 8.42 Å². The van der Waals surface area contributed by atoms with Crippen LogP contribution in [0.4, 0.5) is 5.69 Å². The Morgan fingerprint density at radius 2 is 2.21 bits per heavy atom. The molecule has 2 N–H and O–H groups in total. The van der Waals surface area contributed by atoms with E-state index in [9.17, 15) is 8.42 Å². The molecule has 0 unspecified atom stereocenters. The lowest BCUT2D eigenvalue weighted by molar-refractivity contribution is 0.269. The Bertz CT molecular complexity index is 669. The van der Waals surface area contributed by atoms with E-state index in [0.29, 0.717) is 17.3 Å². The van der Waals surface area contributed by atoms with Crippen LogP contribution in [0.2, 0.25) is 5.02 Å². The molecular weight excluding hydrogens is 290 g/mol. The molecule has 8 heteroatoms. The maximum Gasteiger partial charge on any atom is 0.262 e. The SMILES string of the molecule is O=S(=O)(Nc1cnn(CCO)c1)c1cccc(Cl)c1. The standard InChI is InChI=1S/C11H12ClN3O3S/c12-9-2-1-3-11(6-9)19(17,18)14-10-7-13-15(8-10)4-5-16/h1-3,6-8,14,16H,4-5H2. The quantitative estimate of drug-likeness (QED) is 0.872. The van der Waals surface area contributed by atoms with Gasteiger partial charge in [-0.2, -0.15) is 5.10 Å². The Hall–Kier alpha value is -1.57. The molecule has 0 amide bonds. The molecule has 2 aromatic rings. The van der Waals surface area contributed by atoms with E-state index in [4.69, 9.17) is 16.7 Å². The first-order valence-electron chi connectivity index (χ1n) is 5.43. The normalized spacial score (nSPS) is 11.5. The first-order chi connectivity index (χ1) is 9.01. The van der Waals surface area contributed by atoms with Gasteiger partial charge < -0.3 is 5.11 Å². The summed E-state index contributed by atoms with van der Waals surface area (Å²) in [5.74, 6) is 0. The summed E-state index contributed by atoms with van der Waals surface area (Å²) in [6, 6.07) is 5.97. The molecule has 0 atom stereocenters. The summed E-state index contributed by atoms with van der Waals surface area (Å²) in [6.07, 6.45) is 2.87. The van der Waals surface area contributed by atoms with Gasteiger partial charge in [0.1, 0.15) is 0 Å². The predicted octanol–water partition coefficient (Wildman–Crippen LogP) is 1.33. The third kappa shape index (κ3) is 3.46. The van der Waals surface area contributed by atoms with Crippen LogP contribution in [0, 0.1) is 0 Å². The molecule has 0 spiro atoms. The number of rotatable bonds is 5. The summed E-state index contributed by atoms with van der Waals surface area (Å²) >= 11 is 5.76. The molecule has 102 valence electrons. The number of benzene rings is 1. The number of sulfonamides is 1. The van der Waals surface area contributed by atoms with Gasteiger partial charge in [0, 0.05) is 11.2 Å². The molecular formula is C11H12ClN3O3S. The number of anilines is 1. The summed E-state index contributed by atoms with van der Waals surface area (Å²) in [7, 11) is -3.69. The minimum atomic E-state index is -3.69. The average molecular weight is 302 g/mol. The minimum absolute atomic E-state index is 0.0673. The Morgan fingerprint density at radius 3 is 2.89 bits per heavy atom. The molecule has 0 aliphatic carbocycles. The number of aliphatic hydroxyl groups is 1. The molecule has 1 aromatic carbocycles. The number of nitrogens with one attached hydrogen (secondary N) is 1. The van der Waals surface area contributed by atoms with E-state index >= 15 is 0 Å². The monoisotopic (exact) mass is 301 g/mol. The average Bonchev–Trinajstić information content (AvgIpc) is 2.76. The summed E-state index contributed by atoms with van der Waals surface area (Å²) in [4.78, 5) is 0.0786. The van der Waals surface area contributed by atoms with Crippen LogP contribution in [-0.2, 0) is 16.6 Å². The molecule has 6 nitrogen and oxygen atoms in total. The molecule has 0 aliphatic heterocycles. The Morgan fingerprint density at radius 1 is 1.42 bits per heavy atom. The first kappa shape index (κ1) is 13.9. The van der Waals surface area contributed by atoms with Gasteiger partial charge in [0.15, 0.2) is 0 Å². The number of halogens is 1. The van der Waals surface area contributed by atoms with E-state index in [1.54, 1.807) is 12.1 Å². The lowest BCUT2D eigenvalue weighted by atomic mass is 10.4. The molecule has 0 saturated heterocycles. The van der Waals surface area contributed by atoms with E-state index < -0.39 is 10.0 Å². The second kappa shape index (κ2) is 5.60. The highest BCUT2D eigenvalue weighted by Gasteiger charge is 2.15. The Balaban J connectivity index is 2.21. The third-order valence-corrected chi connectivity index (χ3v) is 3.94. The summed E-state index contributed by atoms with van der Waals surface area (Å²) in [6.45, 7) is 0.237. The predicted molar refractivity (Wildman–Crippen MR) is 71.6 cm³/mol. The zero-order chi connectivity index (χ0) is 13.9. The van der Waals surface area contributed by atoms with Crippen molar-refractivity contribution in [1.29, 1.82) is 0 Å². The van der Waals surface area contributed by atoms with Crippen LogP contribution in [-0.4, -0.2) is 29.9 Å². The topological polar surface area (TPSA) is 84.2 Å².